The van der Waals surface area contributed by atoms with E-state index >= 15 is 0 Å². The number of nitrogens with one attached hydrogen (secondary N) is 1. The third kappa shape index (κ3) is 4.52. The summed E-state index contributed by atoms with van der Waals surface area (Å²) in [6.45, 7) is 15.0. The summed E-state index contributed by atoms with van der Waals surface area (Å²) in [7, 11) is 0. The molecule has 0 saturated carbocycles. The van der Waals surface area contributed by atoms with Gasteiger partial charge < -0.3 is 5.32 Å². The minimum atomic E-state index is 0.311. The van der Waals surface area contributed by atoms with Crippen LogP contribution in [-0.2, 0) is 6.42 Å². The van der Waals surface area contributed by atoms with Gasteiger partial charge in [-0.15, -0.1) is 0 Å². The van der Waals surface area contributed by atoms with Crippen LogP contribution in [0.25, 0.3) is 0 Å². The second kappa shape index (κ2) is 6.89. The van der Waals surface area contributed by atoms with Crippen LogP contribution in [0.5, 0.6) is 0 Å². The van der Waals surface area contributed by atoms with E-state index in [-0.39, 0.29) is 0 Å². The SMILES string of the molecule is CC(C)C1CNC(C(C)(C)C)CN1CCc1ccccn1. The predicted molar refractivity (Wildman–Crippen MR) is 89.4 cm³/mol. The molecule has 1 fully saturated rings. The average Bonchev–Trinajstić information content (AvgIpc) is 2.45. The van der Waals surface area contributed by atoms with Crippen LogP contribution < -0.4 is 5.32 Å². The minimum absolute atomic E-state index is 0.311. The lowest BCUT2D eigenvalue weighted by atomic mass is 9.83. The van der Waals surface area contributed by atoms with E-state index in [9.17, 15) is 0 Å². The van der Waals surface area contributed by atoms with Crippen molar-refractivity contribution in [3.63, 3.8) is 0 Å². The molecule has 0 spiro atoms. The summed E-state index contributed by atoms with van der Waals surface area (Å²) in [4.78, 5) is 7.13. The van der Waals surface area contributed by atoms with E-state index in [1.807, 2.05) is 12.3 Å². The van der Waals surface area contributed by atoms with Crippen molar-refractivity contribution < 1.29 is 0 Å². The molecule has 0 aliphatic carbocycles. The smallest absolute Gasteiger partial charge is 0.0416 e. The van der Waals surface area contributed by atoms with Gasteiger partial charge >= 0.3 is 0 Å². The molecule has 118 valence electrons. The second-order valence-electron chi connectivity index (χ2n) is 7.70. The molecule has 2 heterocycles. The molecule has 1 aliphatic rings. The van der Waals surface area contributed by atoms with Crippen LogP contribution >= 0.6 is 0 Å². The van der Waals surface area contributed by atoms with Gasteiger partial charge in [0.1, 0.15) is 0 Å². The van der Waals surface area contributed by atoms with E-state index in [1.54, 1.807) is 0 Å². The first-order valence-electron chi connectivity index (χ1n) is 8.25. The fourth-order valence-electron chi connectivity index (χ4n) is 3.13. The number of rotatable bonds is 4. The summed E-state index contributed by atoms with van der Waals surface area (Å²) in [5, 5.41) is 3.76. The first-order valence-corrected chi connectivity index (χ1v) is 8.25. The Morgan fingerprint density at radius 1 is 1.33 bits per heavy atom. The zero-order valence-corrected chi connectivity index (χ0v) is 14.3. The Morgan fingerprint density at radius 2 is 2.10 bits per heavy atom. The van der Waals surface area contributed by atoms with Crippen LogP contribution in [0.15, 0.2) is 24.4 Å². The highest BCUT2D eigenvalue weighted by Crippen LogP contribution is 2.25. The fourth-order valence-corrected chi connectivity index (χ4v) is 3.13. The predicted octanol–water partition coefficient (Wildman–Crippen LogP) is 2.97. The van der Waals surface area contributed by atoms with Crippen LogP contribution in [0.2, 0.25) is 0 Å². The zero-order valence-electron chi connectivity index (χ0n) is 14.3. The Morgan fingerprint density at radius 3 is 2.67 bits per heavy atom. The fraction of sp³-hybridized carbons (Fsp3) is 0.722. The van der Waals surface area contributed by atoms with Gasteiger partial charge in [0.2, 0.25) is 0 Å². The van der Waals surface area contributed by atoms with E-state index < -0.39 is 0 Å². The lowest BCUT2D eigenvalue weighted by Crippen LogP contribution is -2.61. The average molecular weight is 289 g/mol. The lowest BCUT2D eigenvalue weighted by Gasteiger charge is -2.46. The molecule has 21 heavy (non-hydrogen) atoms. The Balaban J connectivity index is 2.00. The van der Waals surface area contributed by atoms with Gasteiger partial charge in [0.05, 0.1) is 0 Å². The molecule has 0 bridgehead atoms. The summed E-state index contributed by atoms with van der Waals surface area (Å²) in [6, 6.07) is 7.40. The van der Waals surface area contributed by atoms with Gasteiger partial charge in [-0.3, -0.25) is 9.88 Å². The Kier molecular flexibility index (Phi) is 5.39. The van der Waals surface area contributed by atoms with Gasteiger partial charge in [-0.1, -0.05) is 40.7 Å². The summed E-state index contributed by atoms with van der Waals surface area (Å²) in [5.74, 6) is 0.683. The van der Waals surface area contributed by atoms with E-state index in [4.69, 9.17) is 0 Å². The maximum atomic E-state index is 4.46. The first kappa shape index (κ1) is 16.4. The van der Waals surface area contributed by atoms with Gasteiger partial charge in [-0.2, -0.15) is 0 Å². The van der Waals surface area contributed by atoms with Crippen molar-refractivity contribution in [2.75, 3.05) is 19.6 Å². The highest BCUT2D eigenvalue weighted by molar-refractivity contribution is 5.04. The van der Waals surface area contributed by atoms with Gasteiger partial charge in [0.15, 0.2) is 0 Å². The van der Waals surface area contributed by atoms with E-state index in [1.165, 1.54) is 5.69 Å². The molecule has 1 saturated heterocycles. The molecule has 3 nitrogen and oxygen atoms in total. The van der Waals surface area contributed by atoms with Crippen LogP contribution in [0.4, 0.5) is 0 Å². The molecule has 2 rings (SSSR count). The normalized spacial score (nSPS) is 24.5. The Bertz CT molecular complexity index is 422. The summed E-state index contributed by atoms with van der Waals surface area (Å²) in [6.07, 6.45) is 2.94. The van der Waals surface area contributed by atoms with Crippen LogP contribution in [-0.4, -0.2) is 41.6 Å². The lowest BCUT2D eigenvalue weighted by molar-refractivity contribution is 0.0640. The van der Waals surface area contributed by atoms with Crippen molar-refractivity contribution in [3.05, 3.63) is 30.1 Å². The zero-order chi connectivity index (χ0) is 15.5. The van der Waals surface area contributed by atoms with Gasteiger partial charge in [-0.25, -0.2) is 0 Å². The summed E-state index contributed by atoms with van der Waals surface area (Å²) >= 11 is 0. The molecule has 2 atom stereocenters. The van der Waals surface area contributed by atoms with E-state index in [2.05, 4.69) is 62.0 Å². The molecule has 1 aliphatic heterocycles. The van der Waals surface area contributed by atoms with Crippen molar-refractivity contribution in [1.29, 1.82) is 0 Å². The minimum Gasteiger partial charge on any atom is -0.311 e. The molecular formula is C18H31N3. The van der Waals surface area contributed by atoms with Crippen LogP contribution in [0.1, 0.15) is 40.3 Å². The van der Waals surface area contributed by atoms with Crippen LogP contribution in [0, 0.1) is 11.3 Å². The van der Waals surface area contributed by atoms with Crippen molar-refractivity contribution in [1.82, 2.24) is 15.2 Å². The molecule has 1 N–H and O–H groups in total. The summed E-state index contributed by atoms with van der Waals surface area (Å²) < 4.78 is 0. The summed E-state index contributed by atoms with van der Waals surface area (Å²) in [5.41, 5.74) is 1.51. The number of hydrogen-bond donors (Lipinski definition) is 1. The molecule has 1 aromatic rings. The molecule has 0 amide bonds. The molecular weight excluding hydrogens is 258 g/mol. The Labute approximate surface area is 130 Å². The second-order valence-corrected chi connectivity index (χ2v) is 7.70. The standard InChI is InChI=1S/C18H31N3/c1-14(2)16-12-20-17(18(3,4)5)13-21(16)11-9-15-8-6-7-10-19-15/h6-8,10,14,16-17,20H,9,11-13H2,1-5H3. The number of aromatic nitrogens is 1. The van der Waals surface area contributed by atoms with Crippen molar-refractivity contribution >= 4 is 0 Å². The third-order valence-corrected chi connectivity index (χ3v) is 4.66. The van der Waals surface area contributed by atoms with Crippen molar-refractivity contribution in [2.24, 2.45) is 11.3 Å². The molecule has 3 heteroatoms. The van der Waals surface area contributed by atoms with Crippen molar-refractivity contribution in [3.8, 4) is 0 Å². The van der Waals surface area contributed by atoms with Crippen molar-refractivity contribution in [2.45, 2.75) is 53.1 Å². The number of nitrogens with zero attached hydrogens (tertiary/aromatic N) is 2. The largest absolute Gasteiger partial charge is 0.311 e. The first-order chi connectivity index (χ1) is 9.88. The maximum Gasteiger partial charge on any atom is 0.0416 e. The number of piperazine rings is 1. The maximum absolute atomic E-state index is 4.46. The van der Waals surface area contributed by atoms with Crippen LogP contribution in [0.3, 0.4) is 0 Å². The highest BCUT2D eigenvalue weighted by Gasteiger charge is 2.34. The van der Waals surface area contributed by atoms with E-state index in [0.717, 1.165) is 26.1 Å². The quantitative estimate of drug-likeness (QED) is 0.923. The molecule has 0 aromatic carbocycles. The number of pyridine rings is 1. The molecule has 1 aromatic heterocycles. The monoisotopic (exact) mass is 289 g/mol. The van der Waals surface area contributed by atoms with E-state index in [0.29, 0.717) is 23.4 Å². The molecule has 0 radical (unpaired) electrons. The molecule has 2 unspecified atom stereocenters. The highest BCUT2D eigenvalue weighted by atomic mass is 15.2. The topological polar surface area (TPSA) is 28.2 Å². The van der Waals surface area contributed by atoms with Gasteiger partial charge in [-0.05, 0) is 23.5 Å². The number of hydrogen-bond acceptors (Lipinski definition) is 3. The van der Waals surface area contributed by atoms with Gasteiger partial charge in [0.25, 0.3) is 0 Å². The van der Waals surface area contributed by atoms with Gasteiger partial charge in [0, 0.05) is 50.0 Å². The Hall–Kier alpha value is -0.930. The third-order valence-electron chi connectivity index (χ3n) is 4.66.